The number of carbonyl (C=O) groups excluding carboxylic acids is 2. The Morgan fingerprint density at radius 1 is 1.35 bits per heavy atom. The van der Waals surface area contributed by atoms with Crippen LogP contribution in [0.5, 0.6) is 5.88 Å². The van der Waals surface area contributed by atoms with Crippen LogP contribution in [0.3, 0.4) is 0 Å². The highest BCUT2D eigenvalue weighted by molar-refractivity contribution is 6.03. The first-order valence-corrected chi connectivity index (χ1v) is 9.20. The molecule has 1 unspecified atom stereocenters. The van der Waals surface area contributed by atoms with E-state index in [9.17, 15) is 27.2 Å². The van der Waals surface area contributed by atoms with Crippen LogP contribution in [0.1, 0.15) is 50.6 Å². The molecule has 3 heterocycles. The molecule has 2 aromatic heterocycles. The van der Waals surface area contributed by atoms with Crippen molar-refractivity contribution in [2.24, 2.45) is 0 Å². The summed E-state index contributed by atoms with van der Waals surface area (Å²) in [4.78, 5) is 30.4. The van der Waals surface area contributed by atoms with Gasteiger partial charge in [0.15, 0.2) is 6.61 Å². The van der Waals surface area contributed by atoms with E-state index < -0.39 is 30.9 Å². The molecule has 2 aromatic rings. The van der Waals surface area contributed by atoms with E-state index in [1.807, 2.05) is 0 Å². The fourth-order valence-electron chi connectivity index (χ4n) is 3.11. The fourth-order valence-corrected chi connectivity index (χ4v) is 3.11. The van der Waals surface area contributed by atoms with Crippen molar-refractivity contribution in [3.05, 3.63) is 46.4 Å². The molecule has 166 valence electrons. The summed E-state index contributed by atoms with van der Waals surface area (Å²) in [6.07, 6.45) is -2.49. The lowest BCUT2D eigenvalue weighted by Crippen LogP contribution is -2.34. The highest BCUT2D eigenvalue weighted by Crippen LogP contribution is 2.32. The number of halogens is 4. The zero-order valence-corrected chi connectivity index (χ0v) is 16.8. The summed E-state index contributed by atoms with van der Waals surface area (Å²) in [5.41, 5.74) is 1.60. The van der Waals surface area contributed by atoms with Crippen molar-refractivity contribution < 1.29 is 31.9 Å². The van der Waals surface area contributed by atoms with E-state index in [1.165, 1.54) is 37.2 Å². The number of aromatic nitrogens is 3. The number of nitrogens with one attached hydrogen (secondary N) is 1. The lowest BCUT2D eigenvalue weighted by Gasteiger charge is -2.24. The standard InChI is InChI=1S/C19H19F4N5O3/c1-9-6-13(26-27-16(9)31-8-19(22,23)18(20)21)10(2)28-7-12-11(17(28)30)4-5-25-14(12)15(29)24-3/h4-6,10,18H,7-8H2,1-3H3,(H,24,29). The van der Waals surface area contributed by atoms with Crippen molar-refractivity contribution >= 4 is 11.8 Å². The summed E-state index contributed by atoms with van der Waals surface area (Å²) in [6.45, 7) is 1.76. The molecule has 0 saturated carbocycles. The molecular weight excluding hydrogens is 422 g/mol. The molecule has 3 rings (SSSR count). The predicted molar refractivity (Wildman–Crippen MR) is 99.1 cm³/mol. The van der Waals surface area contributed by atoms with E-state index >= 15 is 0 Å². The second kappa shape index (κ2) is 8.44. The van der Waals surface area contributed by atoms with Crippen LogP contribution in [0.15, 0.2) is 18.3 Å². The number of hydrogen-bond acceptors (Lipinski definition) is 6. The molecule has 1 N–H and O–H groups in total. The number of amides is 2. The molecule has 0 saturated heterocycles. The third kappa shape index (κ3) is 4.28. The Hall–Kier alpha value is -3.31. The van der Waals surface area contributed by atoms with Crippen molar-refractivity contribution in [2.75, 3.05) is 13.7 Å². The van der Waals surface area contributed by atoms with E-state index in [0.717, 1.165) is 0 Å². The predicted octanol–water partition coefficient (Wildman–Crippen LogP) is 2.54. The summed E-state index contributed by atoms with van der Waals surface area (Å²) in [5.74, 6) is -5.37. The Balaban J connectivity index is 1.79. The lowest BCUT2D eigenvalue weighted by molar-refractivity contribution is -0.148. The zero-order valence-electron chi connectivity index (χ0n) is 16.8. The summed E-state index contributed by atoms with van der Waals surface area (Å²) >= 11 is 0. The number of ether oxygens (including phenoxy) is 1. The smallest absolute Gasteiger partial charge is 0.340 e. The molecule has 0 fully saturated rings. The molecule has 0 radical (unpaired) electrons. The molecule has 0 bridgehead atoms. The lowest BCUT2D eigenvalue weighted by atomic mass is 10.1. The van der Waals surface area contributed by atoms with E-state index in [2.05, 4.69) is 20.5 Å². The van der Waals surface area contributed by atoms with Gasteiger partial charge in [-0.1, -0.05) is 0 Å². The Kier molecular flexibility index (Phi) is 6.09. The minimum atomic E-state index is -4.32. The number of aryl methyl sites for hydroxylation is 1. The Morgan fingerprint density at radius 2 is 2.06 bits per heavy atom. The van der Waals surface area contributed by atoms with Crippen LogP contribution < -0.4 is 10.1 Å². The first-order valence-electron chi connectivity index (χ1n) is 9.20. The van der Waals surface area contributed by atoms with Crippen molar-refractivity contribution in [1.29, 1.82) is 0 Å². The van der Waals surface area contributed by atoms with Crippen LogP contribution in [-0.2, 0) is 6.54 Å². The Labute approximate surface area is 174 Å². The van der Waals surface area contributed by atoms with Crippen LogP contribution in [0.2, 0.25) is 0 Å². The number of nitrogens with zero attached hydrogens (tertiary/aromatic N) is 4. The molecule has 31 heavy (non-hydrogen) atoms. The van der Waals surface area contributed by atoms with Gasteiger partial charge in [0.1, 0.15) is 5.69 Å². The number of pyridine rings is 1. The highest BCUT2D eigenvalue weighted by atomic mass is 19.3. The van der Waals surface area contributed by atoms with Crippen LogP contribution in [0.25, 0.3) is 0 Å². The average Bonchev–Trinajstić information content (AvgIpc) is 3.08. The number of hydrogen-bond donors (Lipinski definition) is 1. The maximum atomic E-state index is 13.1. The van der Waals surface area contributed by atoms with Gasteiger partial charge in [-0.3, -0.25) is 14.6 Å². The SMILES string of the molecule is CNC(=O)c1nccc2c1CN(C(C)c1cc(C)c(OCC(F)(F)C(F)F)nn1)C2=O. The topological polar surface area (TPSA) is 97.3 Å². The Morgan fingerprint density at radius 3 is 2.68 bits per heavy atom. The van der Waals surface area contributed by atoms with Gasteiger partial charge in [0.2, 0.25) is 5.88 Å². The van der Waals surface area contributed by atoms with Gasteiger partial charge in [-0.05, 0) is 26.0 Å². The normalized spacial score (nSPS) is 14.6. The third-order valence-corrected chi connectivity index (χ3v) is 4.89. The van der Waals surface area contributed by atoms with Gasteiger partial charge in [-0.25, -0.2) is 8.78 Å². The summed E-state index contributed by atoms with van der Waals surface area (Å²) in [6, 6.07) is 2.41. The zero-order chi connectivity index (χ0) is 22.9. The van der Waals surface area contributed by atoms with E-state index in [0.29, 0.717) is 22.4 Å². The quantitative estimate of drug-likeness (QED) is 0.664. The number of alkyl halides is 4. The van der Waals surface area contributed by atoms with Gasteiger partial charge in [0.25, 0.3) is 11.8 Å². The third-order valence-electron chi connectivity index (χ3n) is 4.89. The van der Waals surface area contributed by atoms with Crippen molar-refractivity contribution in [3.8, 4) is 5.88 Å². The van der Waals surface area contributed by atoms with E-state index in [1.54, 1.807) is 6.92 Å². The molecule has 0 aromatic carbocycles. The van der Waals surface area contributed by atoms with Crippen LogP contribution >= 0.6 is 0 Å². The second-order valence-electron chi connectivity index (χ2n) is 6.98. The molecule has 0 aliphatic carbocycles. The first-order chi connectivity index (χ1) is 14.6. The fraction of sp³-hybridized carbons (Fsp3) is 0.421. The van der Waals surface area contributed by atoms with Crippen LogP contribution in [0, 0.1) is 6.92 Å². The monoisotopic (exact) mass is 441 g/mol. The molecule has 0 spiro atoms. The molecule has 1 aliphatic heterocycles. The summed E-state index contributed by atoms with van der Waals surface area (Å²) in [5, 5.41) is 10.1. The minimum absolute atomic E-state index is 0.117. The molecule has 1 atom stereocenters. The van der Waals surface area contributed by atoms with Crippen molar-refractivity contribution in [1.82, 2.24) is 25.4 Å². The summed E-state index contributed by atoms with van der Waals surface area (Å²) < 4.78 is 55.4. The maximum absolute atomic E-state index is 13.1. The average molecular weight is 441 g/mol. The van der Waals surface area contributed by atoms with E-state index in [4.69, 9.17) is 4.74 Å². The maximum Gasteiger partial charge on any atom is 0.340 e. The molecule has 12 heteroatoms. The van der Waals surface area contributed by atoms with Crippen LogP contribution in [0.4, 0.5) is 17.6 Å². The summed E-state index contributed by atoms with van der Waals surface area (Å²) in [7, 11) is 1.46. The number of carbonyl (C=O) groups is 2. The molecule has 1 aliphatic rings. The number of rotatable bonds is 7. The van der Waals surface area contributed by atoms with Gasteiger partial charge in [0, 0.05) is 36.5 Å². The second-order valence-corrected chi connectivity index (χ2v) is 6.98. The first kappa shape index (κ1) is 22.4. The van der Waals surface area contributed by atoms with Gasteiger partial charge in [-0.2, -0.15) is 8.78 Å². The van der Waals surface area contributed by atoms with E-state index in [-0.39, 0.29) is 24.0 Å². The Bertz CT molecular complexity index is 1020. The largest absolute Gasteiger partial charge is 0.470 e. The van der Waals surface area contributed by atoms with Crippen molar-refractivity contribution in [3.63, 3.8) is 0 Å². The van der Waals surface area contributed by atoms with Gasteiger partial charge in [0.05, 0.1) is 11.7 Å². The minimum Gasteiger partial charge on any atom is -0.470 e. The molecular formula is C19H19F4N5O3. The van der Waals surface area contributed by atoms with Gasteiger partial charge in [-0.15, -0.1) is 10.2 Å². The molecule has 8 nitrogen and oxygen atoms in total. The number of fused-ring (bicyclic) bond motifs is 1. The highest BCUT2D eigenvalue weighted by Gasteiger charge is 2.42. The molecule has 2 amide bonds. The van der Waals surface area contributed by atoms with Gasteiger partial charge < -0.3 is 15.0 Å². The van der Waals surface area contributed by atoms with Gasteiger partial charge >= 0.3 is 12.3 Å². The van der Waals surface area contributed by atoms with Crippen LogP contribution in [-0.4, -0.2) is 57.9 Å². The van der Waals surface area contributed by atoms with Crippen molar-refractivity contribution in [2.45, 2.75) is 38.8 Å².